The minimum atomic E-state index is -1.70. The molecule has 21 heavy (non-hydrogen) atoms. The molecule has 0 bridgehead atoms. The number of aliphatic hydroxyl groups is 1. The van der Waals surface area contributed by atoms with Crippen molar-refractivity contribution in [2.24, 2.45) is 0 Å². The Bertz CT molecular complexity index is 526. The number of hydrogen-bond acceptors (Lipinski definition) is 6. The van der Waals surface area contributed by atoms with Gasteiger partial charge in [0.1, 0.15) is 5.82 Å². The molecule has 1 heterocycles. The van der Waals surface area contributed by atoms with Gasteiger partial charge in [-0.05, 0) is 38.7 Å². The molecule has 1 aliphatic carbocycles. The molecule has 8 heteroatoms. The summed E-state index contributed by atoms with van der Waals surface area (Å²) in [5.74, 6) is -0.353. The molecule has 0 unspecified atom stereocenters. The third-order valence-electron chi connectivity index (χ3n) is 3.88. The van der Waals surface area contributed by atoms with Crippen LogP contribution in [0.1, 0.15) is 43.0 Å². The topological polar surface area (TPSA) is 129 Å². The molecule has 1 saturated carbocycles. The van der Waals surface area contributed by atoms with Crippen molar-refractivity contribution in [3.63, 3.8) is 0 Å². The van der Waals surface area contributed by atoms with E-state index in [2.05, 4.69) is 10.3 Å². The molecule has 114 valence electrons. The van der Waals surface area contributed by atoms with Gasteiger partial charge < -0.3 is 26.2 Å². The Hall–Kier alpha value is -1.64. The van der Waals surface area contributed by atoms with E-state index in [4.69, 9.17) is 15.8 Å². The number of carbonyl (C=O) groups is 1. The molecule has 6 N–H and O–H groups in total. The molecule has 1 aliphatic rings. The largest absolute Gasteiger partial charge is 0.490 e. The van der Waals surface area contributed by atoms with Crippen LogP contribution in [0.5, 0.6) is 0 Å². The molecule has 1 amide bonds. The van der Waals surface area contributed by atoms with Gasteiger partial charge >= 0.3 is 7.12 Å². The van der Waals surface area contributed by atoms with E-state index in [0.717, 1.165) is 0 Å². The predicted molar refractivity (Wildman–Crippen MR) is 78.8 cm³/mol. The van der Waals surface area contributed by atoms with E-state index in [1.54, 1.807) is 6.92 Å². The van der Waals surface area contributed by atoms with Gasteiger partial charge in [0.25, 0.3) is 5.91 Å². The van der Waals surface area contributed by atoms with Gasteiger partial charge in [0.05, 0.1) is 11.2 Å². The van der Waals surface area contributed by atoms with E-state index in [0.29, 0.717) is 25.7 Å². The third-order valence-corrected chi connectivity index (χ3v) is 3.88. The van der Waals surface area contributed by atoms with Gasteiger partial charge in [-0.2, -0.15) is 0 Å². The smallest absolute Gasteiger partial charge is 0.423 e. The molecule has 0 radical (unpaired) electrons. The first-order valence-electron chi connectivity index (χ1n) is 6.93. The molecular weight excluding hydrogens is 273 g/mol. The minimum absolute atomic E-state index is 0.0279. The second-order valence-corrected chi connectivity index (χ2v) is 5.82. The maximum atomic E-state index is 12.2. The van der Waals surface area contributed by atoms with E-state index in [1.807, 2.05) is 0 Å². The second kappa shape index (κ2) is 6.01. The first-order chi connectivity index (χ1) is 9.78. The van der Waals surface area contributed by atoms with Gasteiger partial charge in [-0.25, -0.2) is 4.98 Å². The molecule has 2 rings (SSSR count). The quantitative estimate of drug-likeness (QED) is 0.444. The maximum Gasteiger partial charge on any atom is 0.490 e. The lowest BCUT2D eigenvalue weighted by molar-refractivity contribution is 0.0140. The van der Waals surface area contributed by atoms with Gasteiger partial charge in [0, 0.05) is 17.7 Å². The summed E-state index contributed by atoms with van der Waals surface area (Å²) in [6.45, 7) is 1.79. The highest BCUT2D eigenvalue weighted by Gasteiger charge is 2.30. The van der Waals surface area contributed by atoms with Crippen LogP contribution < -0.4 is 16.5 Å². The molecule has 7 nitrogen and oxygen atoms in total. The number of nitrogens with two attached hydrogens (primary N) is 1. The van der Waals surface area contributed by atoms with Gasteiger partial charge in [-0.1, -0.05) is 0 Å². The fourth-order valence-corrected chi connectivity index (χ4v) is 2.46. The van der Waals surface area contributed by atoms with Crippen molar-refractivity contribution >= 4 is 24.3 Å². The Labute approximate surface area is 123 Å². The number of anilines is 1. The zero-order chi connectivity index (χ0) is 15.6. The Morgan fingerprint density at radius 1 is 1.48 bits per heavy atom. The normalized spacial score (nSPS) is 25.4. The van der Waals surface area contributed by atoms with Crippen LogP contribution in [0, 0.1) is 0 Å². The number of nitrogens with zero attached hydrogens (tertiary/aromatic N) is 1. The monoisotopic (exact) mass is 293 g/mol. The fourth-order valence-electron chi connectivity index (χ4n) is 2.46. The number of aromatic nitrogens is 1. The Kier molecular flexibility index (Phi) is 4.50. The van der Waals surface area contributed by atoms with Crippen molar-refractivity contribution in [3.05, 3.63) is 17.8 Å². The fraction of sp³-hybridized carbons (Fsp3) is 0.538. The lowest BCUT2D eigenvalue weighted by Crippen LogP contribution is -2.42. The molecule has 1 aromatic rings. The van der Waals surface area contributed by atoms with Gasteiger partial charge in [-0.15, -0.1) is 0 Å². The van der Waals surface area contributed by atoms with Crippen LogP contribution in [-0.4, -0.2) is 44.8 Å². The van der Waals surface area contributed by atoms with Crippen molar-refractivity contribution in [3.8, 4) is 0 Å². The van der Waals surface area contributed by atoms with Crippen LogP contribution in [0.25, 0.3) is 0 Å². The zero-order valence-electron chi connectivity index (χ0n) is 11.9. The number of nitrogens with one attached hydrogen (secondary N) is 1. The average molecular weight is 293 g/mol. The molecule has 1 fully saturated rings. The number of hydrogen-bond donors (Lipinski definition) is 5. The number of nitrogen functional groups attached to an aromatic ring is 1. The van der Waals surface area contributed by atoms with Crippen LogP contribution in [0.2, 0.25) is 0 Å². The summed E-state index contributed by atoms with van der Waals surface area (Å²) in [7, 11) is -1.70. The van der Waals surface area contributed by atoms with Crippen molar-refractivity contribution in [2.75, 3.05) is 5.73 Å². The lowest BCUT2D eigenvalue weighted by Gasteiger charge is -2.33. The summed E-state index contributed by atoms with van der Waals surface area (Å²) in [6, 6.07) is 1.29. The molecule has 1 aromatic heterocycles. The highest BCUT2D eigenvalue weighted by Crippen LogP contribution is 2.27. The summed E-state index contributed by atoms with van der Waals surface area (Å²) >= 11 is 0. The Morgan fingerprint density at radius 3 is 2.67 bits per heavy atom. The first-order valence-corrected chi connectivity index (χ1v) is 6.93. The Balaban J connectivity index is 2.05. The van der Waals surface area contributed by atoms with Crippen molar-refractivity contribution in [1.82, 2.24) is 10.3 Å². The van der Waals surface area contributed by atoms with E-state index in [1.165, 1.54) is 12.3 Å². The van der Waals surface area contributed by atoms with Crippen LogP contribution in [-0.2, 0) is 0 Å². The summed E-state index contributed by atoms with van der Waals surface area (Å²) < 4.78 is 0. The van der Waals surface area contributed by atoms with E-state index >= 15 is 0 Å². The van der Waals surface area contributed by atoms with E-state index in [9.17, 15) is 9.90 Å². The zero-order valence-corrected chi connectivity index (χ0v) is 11.9. The summed E-state index contributed by atoms with van der Waals surface area (Å²) in [5, 5.41) is 31.0. The minimum Gasteiger partial charge on any atom is -0.423 e. The Morgan fingerprint density at radius 2 is 2.10 bits per heavy atom. The highest BCUT2D eigenvalue weighted by molar-refractivity contribution is 6.58. The van der Waals surface area contributed by atoms with Crippen molar-refractivity contribution < 1.29 is 19.9 Å². The standard InChI is InChI=1S/C13H20BN3O4/c1-13(19)4-2-9(3-5-13)17-12(18)10-6-8(14(20)21)7-16-11(10)15/h6-7,9,19-21H,2-5H2,1H3,(H2,15,16)(H,17,18). The van der Waals surface area contributed by atoms with Gasteiger partial charge in [0.15, 0.2) is 0 Å². The molecule has 0 saturated heterocycles. The van der Waals surface area contributed by atoms with Crippen molar-refractivity contribution in [2.45, 2.75) is 44.2 Å². The van der Waals surface area contributed by atoms with Crippen LogP contribution >= 0.6 is 0 Å². The number of carbonyl (C=O) groups excluding carboxylic acids is 1. The van der Waals surface area contributed by atoms with Gasteiger partial charge in [-0.3, -0.25) is 4.79 Å². The van der Waals surface area contributed by atoms with Gasteiger partial charge in [0.2, 0.25) is 0 Å². The number of rotatable bonds is 3. The lowest BCUT2D eigenvalue weighted by atomic mass is 9.80. The summed E-state index contributed by atoms with van der Waals surface area (Å²) in [6.07, 6.45) is 3.85. The second-order valence-electron chi connectivity index (χ2n) is 5.82. The molecule has 0 atom stereocenters. The van der Waals surface area contributed by atoms with E-state index in [-0.39, 0.29) is 22.9 Å². The maximum absolute atomic E-state index is 12.2. The molecule has 0 aromatic carbocycles. The average Bonchev–Trinajstić information content (AvgIpc) is 2.41. The summed E-state index contributed by atoms with van der Waals surface area (Å²) in [4.78, 5) is 16.0. The predicted octanol–water partition coefficient (Wildman–Crippen LogP) is -1.23. The third kappa shape index (κ3) is 3.93. The molecule has 0 aliphatic heterocycles. The SMILES string of the molecule is CC1(O)CCC(NC(=O)c2cc(B(O)O)cnc2N)CC1. The van der Waals surface area contributed by atoms with E-state index < -0.39 is 18.6 Å². The number of pyridine rings is 1. The van der Waals surface area contributed by atoms with Crippen molar-refractivity contribution in [1.29, 1.82) is 0 Å². The number of amides is 1. The molecular formula is C13H20BN3O4. The van der Waals surface area contributed by atoms with Crippen LogP contribution in [0.3, 0.4) is 0 Å². The summed E-state index contributed by atoms with van der Waals surface area (Å²) in [5.41, 5.74) is 5.23. The molecule has 0 spiro atoms. The van der Waals surface area contributed by atoms with Crippen LogP contribution in [0.4, 0.5) is 5.82 Å². The first kappa shape index (κ1) is 15.7. The van der Waals surface area contributed by atoms with Crippen LogP contribution in [0.15, 0.2) is 12.3 Å². The highest BCUT2D eigenvalue weighted by atomic mass is 16.4.